The molecule has 1 saturated heterocycles. The molecule has 6 nitrogen and oxygen atoms in total. The third-order valence-corrected chi connectivity index (χ3v) is 6.44. The second-order valence-corrected chi connectivity index (χ2v) is 8.72. The van der Waals surface area contributed by atoms with Crippen LogP contribution in [0.25, 0.3) is 11.0 Å². The summed E-state index contributed by atoms with van der Waals surface area (Å²) in [5, 5.41) is 3.29. The van der Waals surface area contributed by atoms with Gasteiger partial charge >= 0.3 is 0 Å². The van der Waals surface area contributed by atoms with Crippen LogP contribution in [0, 0.1) is 11.7 Å². The first-order chi connectivity index (χ1) is 16.2. The quantitative estimate of drug-likeness (QED) is 0.437. The van der Waals surface area contributed by atoms with Gasteiger partial charge in [-0.2, -0.15) is 0 Å². The van der Waals surface area contributed by atoms with Crippen molar-refractivity contribution in [1.82, 2.24) is 24.4 Å². The molecule has 0 bridgehead atoms. The van der Waals surface area contributed by atoms with Gasteiger partial charge in [-0.3, -0.25) is 0 Å². The minimum absolute atomic E-state index is 0.201. The number of hydrogen-bond acceptors (Lipinski definition) is 5. The maximum absolute atomic E-state index is 13.4. The third-order valence-electron chi connectivity index (χ3n) is 6.44. The van der Waals surface area contributed by atoms with E-state index in [1.165, 1.54) is 25.0 Å². The second-order valence-electron chi connectivity index (χ2n) is 8.72. The van der Waals surface area contributed by atoms with Crippen LogP contribution < -0.4 is 5.32 Å². The number of nitrogens with one attached hydrogen (secondary N) is 1. The SMILES string of the molecule is Fc1ccc(Cn2c(CC3CCN(CCNc4ncccn4)CC3)nc3ccccc32)cc1. The summed E-state index contributed by atoms with van der Waals surface area (Å²) < 4.78 is 15.7. The lowest BCUT2D eigenvalue weighted by Crippen LogP contribution is -2.37. The number of fused-ring (bicyclic) bond motifs is 1. The summed E-state index contributed by atoms with van der Waals surface area (Å²) in [5.74, 6) is 2.23. The normalized spacial score (nSPS) is 15.2. The number of benzene rings is 2. The van der Waals surface area contributed by atoms with Crippen molar-refractivity contribution in [2.24, 2.45) is 5.92 Å². The van der Waals surface area contributed by atoms with Gasteiger partial charge in [0.2, 0.25) is 5.95 Å². The molecule has 1 N–H and O–H groups in total. The van der Waals surface area contributed by atoms with Gasteiger partial charge in [-0.05, 0) is 67.7 Å². The fraction of sp³-hybridized carbons (Fsp3) is 0.346. The topological polar surface area (TPSA) is 58.9 Å². The first kappa shape index (κ1) is 21.5. The van der Waals surface area contributed by atoms with Crippen LogP contribution >= 0.6 is 0 Å². The smallest absolute Gasteiger partial charge is 0.222 e. The lowest BCUT2D eigenvalue weighted by atomic mass is 9.93. The summed E-state index contributed by atoms with van der Waals surface area (Å²) in [6.45, 7) is 4.75. The molecule has 0 radical (unpaired) electrons. The largest absolute Gasteiger partial charge is 0.353 e. The number of halogens is 1. The summed E-state index contributed by atoms with van der Waals surface area (Å²) in [4.78, 5) is 15.9. The maximum atomic E-state index is 13.4. The average Bonchev–Trinajstić information content (AvgIpc) is 3.19. The van der Waals surface area contributed by atoms with E-state index in [9.17, 15) is 4.39 Å². The molecule has 0 unspecified atom stereocenters. The van der Waals surface area contributed by atoms with Gasteiger partial charge in [-0.15, -0.1) is 0 Å². The molecule has 4 aromatic rings. The van der Waals surface area contributed by atoms with E-state index in [0.29, 0.717) is 18.4 Å². The Hall–Kier alpha value is -3.32. The Kier molecular flexibility index (Phi) is 6.58. The molecule has 0 saturated carbocycles. The van der Waals surface area contributed by atoms with Gasteiger partial charge < -0.3 is 14.8 Å². The van der Waals surface area contributed by atoms with E-state index < -0.39 is 0 Å². The molecular formula is C26H29FN6. The minimum Gasteiger partial charge on any atom is -0.353 e. The maximum Gasteiger partial charge on any atom is 0.222 e. The molecule has 7 heteroatoms. The molecule has 5 rings (SSSR count). The highest BCUT2D eigenvalue weighted by molar-refractivity contribution is 5.76. The Bertz CT molecular complexity index is 1170. The zero-order valence-corrected chi connectivity index (χ0v) is 18.7. The Morgan fingerprint density at radius 1 is 0.939 bits per heavy atom. The van der Waals surface area contributed by atoms with Crippen molar-refractivity contribution in [1.29, 1.82) is 0 Å². The predicted octanol–water partition coefficient (Wildman–Crippen LogP) is 4.38. The molecule has 2 aromatic carbocycles. The fourth-order valence-electron chi connectivity index (χ4n) is 4.62. The van der Waals surface area contributed by atoms with Crippen LogP contribution in [0.5, 0.6) is 0 Å². The zero-order valence-electron chi connectivity index (χ0n) is 18.7. The fourth-order valence-corrected chi connectivity index (χ4v) is 4.62. The van der Waals surface area contributed by atoms with E-state index >= 15 is 0 Å². The number of para-hydroxylation sites is 2. The van der Waals surface area contributed by atoms with E-state index in [1.54, 1.807) is 12.4 Å². The highest BCUT2D eigenvalue weighted by atomic mass is 19.1. The number of imidazole rings is 1. The van der Waals surface area contributed by atoms with Crippen molar-refractivity contribution in [3.63, 3.8) is 0 Å². The van der Waals surface area contributed by atoms with E-state index in [1.807, 2.05) is 24.3 Å². The summed E-state index contributed by atoms with van der Waals surface area (Å²) in [6.07, 6.45) is 6.82. The summed E-state index contributed by atoms with van der Waals surface area (Å²) in [6, 6.07) is 16.9. The van der Waals surface area contributed by atoms with Crippen molar-refractivity contribution >= 4 is 17.0 Å². The molecule has 1 fully saturated rings. The van der Waals surface area contributed by atoms with Crippen LogP contribution in [0.1, 0.15) is 24.2 Å². The van der Waals surface area contributed by atoms with Crippen LogP contribution in [0.3, 0.4) is 0 Å². The molecular weight excluding hydrogens is 415 g/mol. The minimum atomic E-state index is -0.201. The summed E-state index contributed by atoms with van der Waals surface area (Å²) in [7, 11) is 0. The lowest BCUT2D eigenvalue weighted by molar-refractivity contribution is 0.188. The summed E-state index contributed by atoms with van der Waals surface area (Å²) in [5.41, 5.74) is 3.26. The molecule has 0 spiro atoms. The molecule has 2 aromatic heterocycles. The van der Waals surface area contributed by atoms with Gasteiger partial charge in [0.05, 0.1) is 11.0 Å². The molecule has 1 aliphatic rings. The van der Waals surface area contributed by atoms with Crippen LogP contribution in [0.15, 0.2) is 67.0 Å². The molecule has 33 heavy (non-hydrogen) atoms. The second kappa shape index (κ2) is 10.1. The first-order valence-electron chi connectivity index (χ1n) is 11.7. The lowest BCUT2D eigenvalue weighted by Gasteiger charge is -2.32. The van der Waals surface area contributed by atoms with Crippen molar-refractivity contribution in [2.75, 3.05) is 31.5 Å². The first-order valence-corrected chi connectivity index (χ1v) is 11.7. The van der Waals surface area contributed by atoms with E-state index in [0.717, 1.165) is 55.0 Å². The monoisotopic (exact) mass is 444 g/mol. The zero-order chi connectivity index (χ0) is 22.5. The molecule has 1 aliphatic heterocycles. The number of aromatic nitrogens is 4. The number of likely N-dealkylation sites (tertiary alicyclic amines) is 1. The predicted molar refractivity (Wildman–Crippen MR) is 129 cm³/mol. The third kappa shape index (κ3) is 5.37. The number of rotatable bonds is 8. The van der Waals surface area contributed by atoms with Gasteiger partial charge in [0.25, 0.3) is 0 Å². The van der Waals surface area contributed by atoms with Crippen LogP contribution in [0.2, 0.25) is 0 Å². The Morgan fingerprint density at radius 3 is 2.48 bits per heavy atom. The summed E-state index contributed by atoms with van der Waals surface area (Å²) >= 11 is 0. The average molecular weight is 445 g/mol. The van der Waals surface area contributed by atoms with Gasteiger partial charge in [-0.1, -0.05) is 24.3 Å². The van der Waals surface area contributed by atoms with Crippen molar-refractivity contribution in [3.05, 3.63) is 84.2 Å². The number of nitrogens with zero attached hydrogens (tertiary/aromatic N) is 5. The van der Waals surface area contributed by atoms with E-state index in [4.69, 9.17) is 4.98 Å². The van der Waals surface area contributed by atoms with E-state index in [-0.39, 0.29) is 5.82 Å². The number of anilines is 1. The van der Waals surface area contributed by atoms with Gasteiger partial charge in [0.15, 0.2) is 0 Å². The van der Waals surface area contributed by atoms with E-state index in [2.05, 4.69) is 43.0 Å². The molecule has 170 valence electrons. The van der Waals surface area contributed by atoms with Crippen molar-refractivity contribution in [2.45, 2.75) is 25.8 Å². The Labute approximate surface area is 193 Å². The molecule has 0 atom stereocenters. The highest BCUT2D eigenvalue weighted by Gasteiger charge is 2.22. The van der Waals surface area contributed by atoms with Gasteiger partial charge in [0.1, 0.15) is 11.6 Å². The highest BCUT2D eigenvalue weighted by Crippen LogP contribution is 2.25. The van der Waals surface area contributed by atoms with Crippen LogP contribution in [0.4, 0.5) is 10.3 Å². The van der Waals surface area contributed by atoms with Crippen LogP contribution in [-0.4, -0.2) is 50.6 Å². The Balaban J connectivity index is 1.20. The molecule has 3 heterocycles. The van der Waals surface area contributed by atoms with Crippen LogP contribution in [-0.2, 0) is 13.0 Å². The standard InChI is InChI=1S/C26H29FN6/c27-22-8-6-21(7-9-22)19-33-24-5-2-1-4-23(24)31-25(33)18-20-10-15-32(16-11-20)17-14-30-26-28-12-3-13-29-26/h1-9,12-13,20H,10-11,14-19H2,(H,28,29,30). The van der Waals surface area contributed by atoms with Gasteiger partial charge in [-0.25, -0.2) is 19.3 Å². The number of piperidine rings is 1. The van der Waals surface area contributed by atoms with Crippen molar-refractivity contribution in [3.8, 4) is 0 Å². The molecule has 0 aliphatic carbocycles. The number of hydrogen-bond donors (Lipinski definition) is 1. The van der Waals surface area contributed by atoms with Gasteiger partial charge in [0, 0.05) is 38.4 Å². The van der Waals surface area contributed by atoms with Crippen molar-refractivity contribution < 1.29 is 4.39 Å². The molecule has 0 amide bonds. The Morgan fingerprint density at radius 2 is 1.70 bits per heavy atom.